The van der Waals surface area contributed by atoms with Crippen molar-refractivity contribution in [3.63, 3.8) is 0 Å². The molecule has 0 spiro atoms. The third-order valence-corrected chi connectivity index (χ3v) is 4.00. The Labute approximate surface area is 126 Å². The number of rotatable bonds is 7. The van der Waals surface area contributed by atoms with E-state index in [0.717, 1.165) is 50.3 Å². The van der Waals surface area contributed by atoms with Gasteiger partial charge in [-0.25, -0.2) is 0 Å². The highest BCUT2D eigenvalue weighted by molar-refractivity contribution is 5.81. The van der Waals surface area contributed by atoms with Crippen molar-refractivity contribution in [3.05, 3.63) is 11.6 Å². The van der Waals surface area contributed by atoms with Crippen molar-refractivity contribution in [1.82, 2.24) is 20.1 Å². The van der Waals surface area contributed by atoms with Crippen LogP contribution in [0.15, 0.2) is 0 Å². The molecule has 0 fully saturated rings. The van der Waals surface area contributed by atoms with Crippen molar-refractivity contribution < 1.29 is 4.79 Å². The molecule has 118 valence electrons. The number of hydrogen-bond acceptors (Lipinski definition) is 4. The Morgan fingerprint density at radius 2 is 2.24 bits per heavy atom. The van der Waals surface area contributed by atoms with E-state index < -0.39 is 0 Å². The summed E-state index contributed by atoms with van der Waals surface area (Å²) in [6, 6.07) is -0.376. The van der Waals surface area contributed by atoms with E-state index in [2.05, 4.69) is 20.1 Å². The minimum absolute atomic E-state index is 0.0445. The predicted molar refractivity (Wildman–Crippen MR) is 81.8 cm³/mol. The predicted octanol–water partition coefficient (Wildman–Crippen LogP) is 1.18. The number of nitrogens with two attached hydrogens (primary N) is 1. The van der Waals surface area contributed by atoms with Gasteiger partial charge in [-0.3, -0.25) is 4.79 Å². The number of hydrogen-bond donors (Lipinski definition) is 2. The van der Waals surface area contributed by atoms with E-state index in [0.29, 0.717) is 6.54 Å². The number of nitrogens with one attached hydrogen (secondary N) is 1. The van der Waals surface area contributed by atoms with Gasteiger partial charge in [0.25, 0.3) is 0 Å². The maximum Gasteiger partial charge on any atom is 0.236 e. The van der Waals surface area contributed by atoms with Gasteiger partial charge < -0.3 is 15.6 Å². The molecule has 2 heterocycles. The van der Waals surface area contributed by atoms with E-state index >= 15 is 0 Å². The molecule has 6 heteroatoms. The summed E-state index contributed by atoms with van der Waals surface area (Å²) in [6.45, 7) is 3.72. The molecular weight excluding hydrogens is 266 g/mol. The largest absolute Gasteiger partial charge is 0.355 e. The second-order valence-corrected chi connectivity index (χ2v) is 5.78. The zero-order valence-corrected chi connectivity index (χ0v) is 13.0. The SMILES string of the molecule is CCCC(N)C(=O)NCCCc1nnc2n1CCCCC2. The molecule has 0 bridgehead atoms. The molecule has 0 aliphatic carbocycles. The van der Waals surface area contributed by atoms with Crippen LogP contribution in [-0.4, -0.2) is 33.3 Å². The number of amides is 1. The van der Waals surface area contributed by atoms with Crippen LogP contribution in [0.1, 0.15) is 57.1 Å². The number of carbonyl (C=O) groups is 1. The highest BCUT2D eigenvalue weighted by atomic mass is 16.2. The van der Waals surface area contributed by atoms with Gasteiger partial charge in [-0.2, -0.15) is 0 Å². The van der Waals surface area contributed by atoms with Crippen molar-refractivity contribution >= 4 is 5.91 Å². The Morgan fingerprint density at radius 3 is 3.05 bits per heavy atom. The molecule has 21 heavy (non-hydrogen) atoms. The van der Waals surface area contributed by atoms with Crippen LogP contribution in [0.25, 0.3) is 0 Å². The van der Waals surface area contributed by atoms with Gasteiger partial charge in [-0.05, 0) is 25.7 Å². The second-order valence-electron chi connectivity index (χ2n) is 5.78. The van der Waals surface area contributed by atoms with Crippen LogP contribution < -0.4 is 11.1 Å². The molecule has 1 aliphatic heterocycles. The van der Waals surface area contributed by atoms with Crippen LogP contribution in [0.3, 0.4) is 0 Å². The molecule has 1 aliphatic rings. The molecule has 0 radical (unpaired) electrons. The Hall–Kier alpha value is -1.43. The first-order valence-corrected chi connectivity index (χ1v) is 8.16. The fourth-order valence-electron chi connectivity index (χ4n) is 2.76. The van der Waals surface area contributed by atoms with Crippen molar-refractivity contribution in [2.45, 2.75) is 70.9 Å². The van der Waals surface area contributed by atoms with Crippen molar-refractivity contribution in [1.29, 1.82) is 0 Å². The van der Waals surface area contributed by atoms with Crippen LogP contribution in [0.2, 0.25) is 0 Å². The first kappa shape index (κ1) is 15.9. The summed E-state index contributed by atoms with van der Waals surface area (Å²) in [5.74, 6) is 2.13. The molecule has 1 unspecified atom stereocenters. The maximum atomic E-state index is 11.7. The third kappa shape index (κ3) is 4.52. The number of carbonyl (C=O) groups excluding carboxylic acids is 1. The molecule has 1 aromatic rings. The minimum Gasteiger partial charge on any atom is -0.355 e. The van der Waals surface area contributed by atoms with Gasteiger partial charge in [0.15, 0.2) is 0 Å². The molecular formula is C15H27N5O. The lowest BCUT2D eigenvalue weighted by Crippen LogP contribution is -2.40. The van der Waals surface area contributed by atoms with E-state index in [4.69, 9.17) is 5.73 Å². The highest BCUT2D eigenvalue weighted by Gasteiger charge is 2.15. The maximum absolute atomic E-state index is 11.7. The third-order valence-electron chi connectivity index (χ3n) is 4.00. The average Bonchev–Trinajstić information content (AvgIpc) is 2.71. The summed E-state index contributed by atoms with van der Waals surface area (Å²) in [4.78, 5) is 11.7. The lowest BCUT2D eigenvalue weighted by molar-refractivity contribution is -0.122. The second kappa shape index (κ2) is 8.12. The van der Waals surface area contributed by atoms with Crippen molar-refractivity contribution in [2.24, 2.45) is 5.73 Å². The summed E-state index contributed by atoms with van der Waals surface area (Å²) in [6.07, 6.45) is 8.14. The van der Waals surface area contributed by atoms with E-state index in [1.807, 2.05) is 6.92 Å². The number of nitrogens with zero attached hydrogens (tertiary/aromatic N) is 3. The molecule has 0 saturated heterocycles. The van der Waals surface area contributed by atoms with E-state index in [1.54, 1.807) is 0 Å². The fraction of sp³-hybridized carbons (Fsp3) is 0.800. The minimum atomic E-state index is -0.376. The van der Waals surface area contributed by atoms with E-state index in [-0.39, 0.29) is 11.9 Å². The number of aromatic nitrogens is 3. The van der Waals surface area contributed by atoms with Crippen LogP contribution in [0, 0.1) is 0 Å². The van der Waals surface area contributed by atoms with Gasteiger partial charge in [0.2, 0.25) is 5.91 Å². The molecule has 1 aromatic heterocycles. The first-order chi connectivity index (χ1) is 10.2. The number of fused-ring (bicyclic) bond motifs is 1. The van der Waals surface area contributed by atoms with Crippen LogP contribution >= 0.6 is 0 Å². The normalized spacial score (nSPS) is 16.1. The zero-order chi connectivity index (χ0) is 15.1. The highest BCUT2D eigenvalue weighted by Crippen LogP contribution is 2.15. The fourth-order valence-corrected chi connectivity index (χ4v) is 2.76. The standard InChI is InChI=1S/C15H27N5O/c1-2-7-12(16)15(21)17-10-6-9-14-19-18-13-8-4-3-5-11-20(13)14/h12H,2-11,16H2,1H3,(H,17,21). The molecule has 2 rings (SSSR count). The van der Waals surface area contributed by atoms with E-state index in [1.165, 1.54) is 19.3 Å². The van der Waals surface area contributed by atoms with Crippen LogP contribution in [0.4, 0.5) is 0 Å². The summed E-state index contributed by atoms with van der Waals surface area (Å²) in [5.41, 5.74) is 5.77. The smallest absolute Gasteiger partial charge is 0.236 e. The Balaban J connectivity index is 1.74. The van der Waals surface area contributed by atoms with Gasteiger partial charge >= 0.3 is 0 Å². The molecule has 1 atom stereocenters. The van der Waals surface area contributed by atoms with Gasteiger partial charge in [0.05, 0.1) is 6.04 Å². The molecule has 0 saturated carbocycles. The van der Waals surface area contributed by atoms with Gasteiger partial charge in [0, 0.05) is 25.9 Å². The summed E-state index contributed by atoms with van der Waals surface area (Å²) >= 11 is 0. The van der Waals surface area contributed by atoms with Crippen molar-refractivity contribution in [3.8, 4) is 0 Å². The molecule has 6 nitrogen and oxygen atoms in total. The van der Waals surface area contributed by atoms with Gasteiger partial charge in [-0.1, -0.05) is 19.8 Å². The zero-order valence-electron chi connectivity index (χ0n) is 13.0. The molecule has 0 aromatic carbocycles. The molecule has 1 amide bonds. The molecule has 3 N–H and O–H groups in total. The van der Waals surface area contributed by atoms with Crippen molar-refractivity contribution in [2.75, 3.05) is 6.54 Å². The van der Waals surface area contributed by atoms with Gasteiger partial charge in [0.1, 0.15) is 11.6 Å². The average molecular weight is 293 g/mol. The van der Waals surface area contributed by atoms with Crippen LogP contribution in [0.5, 0.6) is 0 Å². The first-order valence-electron chi connectivity index (χ1n) is 8.16. The summed E-state index contributed by atoms with van der Waals surface area (Å²) in [5, 5.41) is 11.5. The quantitative estimate of drug-likeness (QED) is 0.739. The topological polar surface area (TPSA) is 85.8 Å². The Kier molecular flexibility index (Phi) is 6.17. The van der Waals surface area contributed by atoms with Gasteiger partial charge in [-0.15, -0.1) is 10.2 Å². The lowest BCUT2D eigenvalue weighted by Gasteiger charge is -2.11. The lowest BCUT2D eigenvalue weighted by atomic mass is 10.1. The monoisotopic (exact) mass is 293 g/mol. The Morgan fingerprint density at radius 1 is 1.38 bits per heavy atom. The Bertz CT molecular complexity index is 457. The number of aryl methyl sites for hydroxylation is 2. The summed E-state index contributed by atoms with van der Waals surface area (Å²) in [7, 11) is 0. The summed E-state index contributed by atoms with van der Waals surface area (Å²) < 4.78 is 2.26. The van der Waals surface area contributed by atoms with E-state index in [9.17, 15) is 4.79 Å². The van der Waals surface area contributed by atoms with Crippen LogP contribution in [-0.2, 0) is 24.2 Å².